The largest absolute Gasteiger partial charge is 0.364 e. The lowest BCUT2D eigenvalue weighted by molar-refractivity contribution is -0.132. The van der Waals surface area contributed by atoms with Crippen molar-refractivity contribution in [2.24, 2.45) is 11.5 Å². The fourth-order valence-electron chi connectivity index (χ4n) is 1.73. The van der Waals surface area contributed by atoms with Crippen molar-refractivity contribution in [3.63, 3.8) is 0 Å². The fraction of sp³-hybridized carbons (Fsp3) is 0.889. The van der Waals surface area contributed by atoms with Gasteiger partial charge in [0.2, 0.25) is 5.91 Å². The number of nitrogens with two attached hydrogens (primary N) is 2. The first-order valence-electron chi connectivity index (χ1n) is 5.12. The number of nitrogens with one attached hydrogen (secondary N) is 1. The minimum Gasteiger partial charge on any atom is -0.364 e. The SMILES string of the molecule is NCC1CCC(C(=O)NC2CC2N)O1. The Hall–Kier alpha value is -0.650. The summed E-state index contributed by atoms with van der Waals surface area (Å²) in [4.78, 5) is 11.6. The Kier molecular flexibility index (Phi) is 2.71. The van der Waals surface area contributed by atoms with Crippen LogP contribution in [0, 0.1) is 0 Å². The van der Waals surface area contributed by atoms with Gasteiger partial charge < -0.3 is 21.5 Å². The molecule has 1 aliphatic heterocycles. The molecule has 0 radical (unpaired) electrons. The highest BCUT2D eigenvalue weighted by Crippen LogP contribution is 2.22. The number of carbonyl (C=O) groups excluding carboxylic acids is 1. The van der Waals surface area contributed by atoms with E-state index in [-0.39, 0.29) is 30.2 Å². The first-order chi connectivity index (χ1) is 6.70. The van der Waals surface area contributed by atoms with E-state index in [0.29, 0.717) is 6.54 Å². The molecule has 2 rings (SSSR count). The highest BCUT2D eigenvalue weighted by Gasteiger charge is 2.38. The van der Waals surface area contributed by atoms with Crippen LogP contribution in [0.15, 0.2) is 0 Å². The Morgan fingerprint density at radius 3 is 2.71 bits per heavy atom. The van der Waals surface area contributed by atoms with Gasteiger partial charge in [-0.2, -0.15) is 0 Å². The fourth-order valence-corrected chi connectivity index (χ4v) is 1.73. The molecule has 1 saturated carbocycles. The van der Waals surface area contributed by atoms with Gasteiger partial charge in [-0.05, 0) is 19.3 Å². The molecule has 1 amide bonds. The Morgan fingerprint density at radius 1 is 1.50 bits per heavy atom. The molecule has 0 aromatic heterocycles. The van der Waals surface area contributed by atoms with E-state index >= 15 is 0 Å². The number of carbonyl (C=O) groups is 1. The number of hydrogen-bond donors (Lipinski definition) is 3. The highest BCUT2D eigenvalue weighted by molar-refractivity contribution is 5.81. The van der Waals surface area contributed by atoms with E-state index in [2.05, 4.69) is 5.32 Å². The lowest BCUT2D eigenvalue weighted by Crippen LogP contribution is -2.38. The van der Waals surface area contributed by atoms with Crippen molar-refractivity contribution in [1.82, 2.24) is 5.32 Å². The van der Waals surface area contributed by atoms with Crippen molar-refractivity contribution in [3.8, 4) is 0 Å². The van der Waals surface area contributed by atoms with E-state index in [9.17, 15) is 4.79 Å². The second kappa shape index (κ2) is 3.84. The summed E-state index contributed by atoms with van der Waals surface area (Å²) in [5.41, 5.74) is 11.0. The average Bonchev–Trinajstić information content (AvgIpc) is 2.72. The van der Waals surface area contributed by atoms with Crippen molar-refractivity contribution >= 4 is 5.91 Å². The predicted octanol–water partition coefficient (Wildman–Crippen LogP) is -1.29. The van der Waals surface area contributed by atoms with Gasteiger partial charge in [0.15, 0.2) is 0 Å². The predicted molar refractivity (Wildman–Crippen MR) is 51.5 cm³/mol. The zero-order valence-corrected chi connectivity index (χ0v) is 8.11. The molecule has 0 aromatic rings. The normalized spacial score (nSPS) is 41.0. The van der Waals surface area contributed by atoms with E-state index in [0.717, 1.165) is 19.3 Å². The molecule has 2 aliphatic rings. The minimum absolute atomic E-state index is 0.0288. The van der Waals surface area contributed by atoms with Crippen LogP contribution in [0.4, 0.5) is 0 Å². The van der Waals surface area contributed by atoms with Crippen molar-refractivity contribution in [2.75, 3.05) is 6.54 Å². The number of rotatable bonds is 3. The number of amides is 1. The second-order valence-electron chi connectivity index (χ2n) is 4.07. The molecule has 0 spiro atoms. The second-order valence-corrected chi connectivity index (χ2v) is 4.07. The van der Waals surface area contributed by atoms with Crippen molar-refractivity contribution < 1.29 is 9.53 Å². The van der Waals surface area contributed by atoms with E-state index in [1.165, 1.54) is 0 Å². The summed E-state index contributed by atoms with van der Waals surface area (Å²) in [5.74, 6) is -0.0288. The molecule has 4 unspecified atom stereocenters. The third-order valence-electron chi connectivity index (χ3n) is 2.83. The van der Waals surface area contributed by atoms with Crippen molar-refractivity contribution in [3.05, 3.63) is 0 Å². The van der Waals surface area contributed by atoms with Gasteiger partial charge in [0.05, 0.1) is 6.10 Å². The first kappa shape index (κ1) is 9.89. The van der Waals surface area contributed by atoms with Crippen LogP contribution in [-0.4, -0.2) is 36.7 Å². The molecule has 0 bridgehead atoms. The Balaban J connectivity index is 1.75. The highest BCUT2D eigenvalue weighted by atomic mass is 16.5. The maximum absolute atomic E-state index is 11.6. The third kappa shape index (κ3) is 2.05. The van der Waals surface area contributed by atoms with Crippen LogP contribution in [-0.2, 0) is 9.53 Å². The Bertz CT molecular complexity index is 234. The van der Waals surface area contributed by atoms with Gasteiger partial charge in [0.25, 0.3) is 0 Å². The topological polar surface area (TPSA) is 90.4 Å². The standard InChI is InChI=1S/C9H17N3O2/c10-4-5-1-2-8(14-5)9(13)12-7-3-6(7)11/h5-8H,1-4,10-11H2,(H,12,13). The smallest absolute Gasteiger partial charge is 0.249 e. The molecule has 2 fully saturated rings. The van der Waals surface area contributed by atoms with E-state index in [4.69, 9.17) is 16.2 Å². The Morgan fingerprint density at radius 2 is 2.21 bits per heavy atom. The molecule has 5 nitrogen and oxygen atoms in total. The molecule has 5 N–H and O–H groups in total. The van der Waals surface area contributed by atoms with E-state index in [1.807, 2.05) is 0 Å². The van der Waals surface area contributed by atoms with Gasteiger partial charge in [0.1, 0.15) is 6.10 Å². The molecule has 1 aliphatic carbocycles. The molecule has 1 heterocycles. The summed E-state index contributed by atoms with van der Waals surface area (Å²) in [6.45, 7) is 0.493. The van der Waals surface area contributed by atoms with Crippen LogP contribution in [0.3, 0.4) is 0 Å². The van der Waals surface area contributed by atoms with E-state index in [1.54, 1.807) is 0 Å². The molecule has 14 heavy (non-hydrogen) atoms. The summed E-state index contributed by atoms with van der Waals surface area (Å²) in [5, 5.41) is 2.86. The molecular formula is C9H17N3O2. The van der Waals surface area contributed by atoms with Crippen LogP contribution in [0.1, 0.15) is 19.3 Å². The summed E-state index contributed by atoms with van der Waals surface area (Å²) in [6, 6.07) is 0.314. The lowest BCUT2D eigenvalue weighted by Gasteiger charge is -2.12. The Labute approximate surface area is 83.2 Å². The molecule has 0 aromatic carbocycles. The quantitative estimate of drug-likeness (QED) is 0.527. The maximum atomic E-state index is 11.6. The van der Waals surface area contributed by atoms with Crippen molar-refractivity contribution in [2.45, 2.75) is 43.6 Å². The van der Waals surface area contributed by atoms with Crippen molar-refractivity contribution in [1.29, 1.82) is 0 Å². The summed E-state index contributed by atoms with van der Waals surface area (Å²) in [7, 11) is 0. The monoisotopic (exact) mass is 199 g/mol. The molecule has 1 saturated heterocycles. The third-order valence-corrected chi connectivity index (χ3v) is 2.83. The average molecular weight is 199 g/mol. The summed E-state index contributed by atoms with van der Waals surface area (Å²) < 4.78 is 5.46. The van der Waals surface area contributed by atoms with Gasteiger partial charge in [-0.25, -0.2) is 0 Å². The van der Waals surface area contributed by atoms with Crippen LogP contribution in [0.2, 0.25) is 0 Å². The van der Waals surface area contributed by atoms with Crippen LogP contribution in [0.5, 0.6) is 0 Å². The summed E-state index contributed by atoms with van der Waals surface area (Å²) in [6.07, 6.45) is 2.29. The zero-order valence-electron chi connectivity index (χ0n) is 8.11. The molecular weight excluding hydrogens is 182 g/mol. The molecule has 80 valence electrons. The van der Waals surface area contributed by atoms with Gasteiger partial charge >= 0.3 is 0 Å². The van der Waals surface area contributed by atoms with Gasteiger partial charge in [-0.1, -0.05) is 0 Å². The number of hydrogen-bond acceptors (Lipinski definition) is 4. The van der Waals surface area contributed by atoms with Gasteiger partial charge in [-0.3, -0.25) is 4.79 Å². The lowest BCUT2D eigenvalue weighted by atomic mass is 10.2. The van der Waals surface area contributed by atoms with Gasteiger partial charge in [-0.15, -0.1) is 0 Å². The zero-order chi connectivity index (χ0) is 10.1. The van der Waals surface area contributed by atoms with Crippen LogP contribution >= 0.6 is 0 Å². The maximum Gasteiger partial charge on any atom is 0.249 e. The number of ether oxygens (including phenoxy) is 1. The van der Waals surface area contributed by atoms with Gasteiger partial charge in [0, 0.05) is 18.6 Å². The summed E-state index contributed by atoms with van der Waals surface area (Å²) >= 11 is 0. The first-order valence-corrected chi connectivity index (χ1v) is 5.12. The minimum atomic E-state index is -0.309. The van der Waals surface area contributed by atoms with Crippen LogP contribution < -0.4 is 16.8 Å². The molecule has 5 heteroatoms. The molecule has 4 atom stereocenters. The van der Waals surface area contributed by atoms with E-state index < -0.39 is 0 Å². The van der Waals surface area contributed by atoms with Crippen LogP contribution in [0.25, 0.3) is 0 Å².